The van der Waals surface area contributed by atoms with Crippen LogP contribution in [0.3, 0.4) is 0 Å². The van der Waals surface area contributed by atoms with Gasteiger partial charge in [-0.2, -0.15) is 16.9 Å². The number of thioether (sulfide) groups is 1. The van der Waals surface area contributed by atoms with Gasteiger partial charge in [-0.25, -0.2) is 0 Å². The Morgan fingerprint density at radius 3 is 2.84 bits per heavy atom. The molecule has 7 heteroatoms. The highest BCUT2D eigenvalue weighted by atomic mass is 35.5. The number of aromatic nitrogens is 2. The van der Waals surface area contributed by atoms with Crippen LogP contribution in [0.2, 0.25) is 0 Å². The van der Waals surface area contributed by atoms with Crippen molar-refractivity contribution in [3.05, 3.63) is 11.4 Å². The second-order valence-corrected chi connectivity index (χ2v) is 5.80. The van der Waals surface area contributed by atoms with E-state index in [1.54, 1.807) is 4.68 Å². The molecule has 1 aliphatic heterocycles. The first-order valence-electron chi connectivity index (χ1n) is 6.19. The smallest absolute Gasteiger partial charge is 0.226 e. The summed E-state index contributed by atoms with van der Waals surface area (Å²) in [6.45, 7) is 4.87. The molecule has 0 spiro atoms. The Bertz CT molecular complexity index is 443. The van der Waals surface area contributed by atoms with E-state index in [0.717, 1.165) is 35.1 Å². The first-order valence-corrected chi connectivity index (χ1v) is 7.34. The maximum atomic E-state index is 12.0. The summed E-state index contributed by atoms with van der Waals surface area (Å²) in [5.41, 5.74) is 2.71. The topological polar surface area (TPSA) is 59.0 Å². The third-order valence-corrected chi connectivity index (χ3v) is 4.33. The van der Waals surface area contributed by atoms with Crippen LogP contribution in [0.4, 0.5) is 5.69 Å². The van der Waals surface area contributed by atoms with Gasteiger partial charge in [-0.15, -0.1) is 12.4 Å². The Kier molecular flexibility index (Phi) is 6.16. The summed E-state index contributed by atoms with van der Waals surface area (Å²) in [5.74, 6) is 2.21. The predicted octanol–water partition coefficient (Wildman–Crippen LogP) is 1.49. The average molecular weight is 305 g/mol. The Balaban J connectivity index is 0.00000180. The molecule has 1 atom stereocenters. The van der Waals surface area contributed by atoms with Gasteiger partial charge in [0.05, 0.1) is 17.1 Å². The molecule has 5 nitrogen and oxygen atoms in total. The van der Waals surface area contributed by atoms with Crippen LogP contribution in [0.5, 0.6) is 0 Å². The monoisotopic (exact) mass is 304 g/mol. The van der Waals surface area contributed by atoms with Gasteiger partial charge < -0.3 is 10.6 Å². The van der Waals surface area contributed by atoms with E-state index in [1.165, 1.54) is 0 Å². The third kappa shape index (κ3) is 4.12. The van der Waals surface area contributed by atoms with Crippen molar-refractivity contribution in [1.29, 1.82) is 0 Å². The molecule has 0 aliphatic carbocycles. The summed E-state index contributed by atoms with van der Waals surface area (Å²) in [6.07, 6.45) is 0.529. The second-order valence-electron chi connectivity index (χ2n) is 4.65. The normalized spacial score (nSPS) is 18.8. The van der Waals surface area contributed by atoms with E-state index in [1.807, 2.05) is 32.7 Å². The Labute approximate surface area is 124 Å². The fourth-order valence-corrected chi connectivity index (χ4v) is 3.07. The number of nitrogens with one attached hydrogen (secondary N) is 2. The second kappa shape index (κ2) is 7.17. The van der Waals surface area contributed by atoms with Crippen molar-refractivity contribution in [2.24, 2.45) is 7.05 Å². The molecule has 2 heterocycles. The van der Waals surface area contributed by atoms with Crippen LogP contribution in [-0.4, -0.2) is 39.8 Å². The van der Waals surface area contributed by atoms with Crippen LogP contribution < -0.4 is 10.6 Å². The summed E-state index contributed by atoms with van der Waals surface area (Å²) in [4.78, 5) is 12.0. The van der Waals surface area contributed by atoms with Crippen molar-refractivity contribution in [1.82, 2.24) is 15.1 Å². The van der Waals surface area contributed by atoms with Gasteiger partial charge in [-0.1, -0.05) is 0 Å². The molecule has 1 fully saturated rings. The van der Waals surface area contributed by atoms with Crippen molar-refractivity contribution in [3.8, 4) is 0 Å². The summed E-state index contributed by atoms with van der Waals surface area (Å²) in [6, 6.07) is 0.293. The van der Waals surface area contributed by atoms with Crippen molar-refractivity contribution in [2.75, 3.05) is 23.4 Å². The van der Waals surface area contributed by atoms with Gasteiger partial charge in [-0.05, 0) is 13.8 Å². The van der Waals surface area contributed by atoms with Gasteiger partial charge in [0.15, 0.2) is 0 Å². The summed E-state index contributed by atoms with van der Waals surface area (Å²) < 4.78 is 1.79. The van der Waals surface area contributed by atoms with Crippen LogP contribution in [0.25, 0.3) is 0 Å². The molecule has 1 unspecified atom stereocenters. The SMILES string of the molecule is Cc1nn(C)c(C)c1NC(=O)CC1CSCCN1.Cl. The number of halogens is 1. The molecular weight excluding hydrogens is 284 g/mol. The Morgan fingerprint density at radius 1 is 1.58 bits per heavy atom. The van der Waals surface area contributed by atoms with Crippen molar-refractivity contribution in [2.45, 2.75) is 26.3 Å². The molecule has 2 rings (SSSR count). The molecule has 1 aliphatic rings. The molecule has 1 aromatic heterocycles. The molecule has 1 amide bonds. The number of amides is 1. The van der Waals surface area contributed by atoms with E-state index in [-0.39, 0.29) is 18.3 Å². The van der Waals surface area contributed by atoms with E-state index < -0.39 is 0 Å². The van der Waals surface area contributed by atoms with Crippen LogP contribution in [0, 0.1) is 13.8 Å². The number of nitrogens with zero attached hydrogens (tertiary/aromatic N) is 2. The Hall–Kier alpha value is -0.720. The van der Waals surface area contributed by atoms with E-state index in [0.29, 0.717) is 12.5 Å². The minimum absolute atomic E-state index is 0. The highest BCUT2D eigenvalue weighted by Gasteiger charge is 2.18. The third-order valence-electron chi connectivity index (χ3n) is 3.20. The number of hydrogen-bond donors (Lipinski definition) is 2. The number of carbonyl (C=O) groups is 1. The standard InChI is InChI=1S/C12H20N4OS.ClH/c1-8-12(9(2)16(3)15-8)14-11(17)6-10-7-18-5-4-13-10;/h10,13H,4-7H2,1-3H3,(H,14,17);1H. The van der Waals surface area contributed by atoms with Gasteiger partial charge >= 0.3 is 0 Å². The summed E-state index contributed by atoms with van der Waals surface area (Å²) in [7, 11) is 1.89. The van der Waals surface area contributed by atoms with Crippen LogP contribution in [0.1, 0.15) is 17.8 Å². The van der Waals surface area contributed by atoms with Gasteiger partial charge in [0.2, 0.25) is 5.91 Å². The number of anilines is 1. The summed E-state index contributed by atoms with van der Waals surface area (Å²) in [5, 5.41) is 10.6. The highest BCUT2D eigenvalue weighted by Crippen LogP contribution is 2.19. The zero-order chi connectivity index (χ0) is 13.1. The number of aryl methyl sites for hydroxylation is 2. The molecule has 0 bridgehead atoms. The van der Waals surface area contributed by atoms with Gasteiger partial charge in [0, 0.05) is 37.6 Å². The van der Waals surface area contributed by atoms with E-state index in [4.69, 9.17) is 0 Å². The molecule has 1 saturated heterocycles. The summed E-state index contributed by atoms with van der Waals surface area (Å²) >= 11 is 1.90. The van der Waals surface area contributed by atoms with Crippen LogP contribution >= 0.6 is 24.2 Å². The van der Waals surface area contributed by atoms with Crippen LogP contribution in [-0.2, 0) is 11.8 Å². The van der Waals surface area contributed by atoms with E-state index >= 15 is 0 Å². The van der Waals surface area contributed by atoms with Gasteiger partial charge in [0.25, 0.3) is 0 Å². The zero-order valence-corrected chi connectivity index (χ0v) is 13.2. The lowest BCUT2D eigenvalue weighted by atomic mass is 10.2. The fraction of sp³-hybridized carbons (Fsp3) is 0.667. The molecule has 0 radical (unpaired) electrons. The molecule has 108 valence electrons. The fourth-order valence-electron chi connectivity index (χ4n) is 2.12. The van der Waals surface area contributed by atoms with Gasteiger partial charge in [-0.3, -0.25) is 9.48 Å². The average Bonchev–Trinajstić information content (AvgIpc) is 2.57. The maximum Gasteiger partial charge on any atom is 0.226 e. The molecule has 2 N–H and O–H groups in total. The number of hydrogen-bond acceptors (Lipinski definition) is 4. The molecule has 0 saturated carbocycles. The lowest BCUT2D eigenvalue weighted by Crippen LogP contribution is -2.40. The Morgan fingerprint density at radius 2 is 2.32 bits per heavy atom. The first kappa shape index (κ1) is 16.3. The maximum absolute atomic E-state index is 12.0. The highest BCUT2D eigenvalue weighted by molar-refractivity contribution is 7.99. The van der Waals surface area contributed by atoms with E-state index in [9.17, 15) is 4.79 Å². The lowest BCUT2D eigenvalue weighted by Gasteiger charge is -2.22. The predicted molar refractivity (Wildman–Crippen MR) is 82.3 cm³/mol. The van der Waals surface area contributed by atoms with Crippen molar-refractivity contribution >= 4 is 35.8 Å². The molecule has 1 aromatic rings. The van der Waals surface area contributed by atoms with E-state index in [2.05, 4.69) is 15.7 Å². The molecule has 0 aromatic carbocycles. The quantitative estimate of drug-likeness (QED) is 0.888. The van der Waals surface area contributed by atoms with Crippen LogP contribution in [0.15, 0.2) is 0 Å². The molecule has 19 heavy (non-hydrogen) atoms. The van der Waals surface area contributed by atoms with Crippen molar-refractivity contribution < 1.29 is 4.79 Å². The number of rotatable bonds is 3. The van der Waals surface area contributed by atoms with Crippen molar-refractivity contribution in [3.63, 3.8) is 0 Å². The lowest BCUT2D eigenvalue weighted by molar-refractivity contribution is -0.116. The number of carbonyl (C=O) groups excluding carboxylic acids is 1. The minimum Gasteiger partial charge on any atom is -0.323 e. The first-order chi connectivity index (χ1) is 8.58. The van der Waals surface area contributed by atoms with Gasteiger partial charge in [0.1, 0.15) is 0 Å². The minimum atomic E-state index is 0. The molecular formula is C12H21ClN4OS. The largest absolute Gasteiger partial charge is 0.323 e. The zero-order valence-electron chi connectivity index (χ0n) is 11.5.